The lowest BCUT2D eigenvalue weighted by molar-refractivity contribution is -0.137. The summed E-state index contributed by atoms with van der Waals surface area (Å²) in [5, 5.41) is 18.6. The summed E-state index contributed by atoms with van der Waals surface area (Å²) in [6, 6.07) is 15.9. The first kappa shape index (κ1) is 23.7. The normalized spacial score (nSPS) is 17.3. The van der Waals surface area contributed by atoms with Gasteiger partial charge in [0.05, 0.1) is 12.8 Å². The van der Waals surface area contributed by atoms with Crippen LogP contribution in [0, 0.1) is 12.1 Å². The first-order valence-corrected chi connectivity index (χ1v) is 10.8. The Kier molecular flexibility index (Phi) is 7.86. The number of carboxylic acids is 2. The molecule has 1 atom stereocenters. The Morgan fingerprint density at radius 1 is 1.06 bits per heavy atom. The fourth-order valence-corrected chi connectivity index (χ4v) is 4.25. The van der Waals surface area contributed by atoms with Crippen molar-refractivity contribution in [2.75, 3.05) is 40.8 Å². The molecule has 7 heteroatoms. The van der Waals surface area contributed by atoms with Gasteiger partial charge in [-0.3, -0.25) is 19.4 Å². The molecule has 1 aliphatic heterocycles. The number of rotatable bonds is 9. The van der Waals surface area contributed by atoms with Gasteiger partial charge < -0.3 is 15.1 Å². The molecule has 0 radical (unpaired) electrons. The lowest BCUT2D eigenvalue weighted by atomic mass is 9.95. The molecular formula is C25H31N3O4. The van der Waals surface area contributed by atoms with Crippen molar-refractivity contribution in [3.05, 3.63) is 70.3 Å². The number of carboxylic acid groups (broad SMARTS) is 2. The summed E-state index contributed by atoms with van der Waals surface area (Å²) in [6.07, 6.45) is -0.0198. The monoisotopic (exact) mass is 437 g/mol. The molecular weight excluding hydrogens is 406 g/mol. The van der Waals surface area contributed by atoms with E-state index in [4.69, 9.17) is 0 Å². The van der Waals surface area contributed by atoms with Gasteiger partial charge in [0.25, 0.3) is 0 Å². The Morgan fingerprint density at radius 2 is 1.78 bits per heavy atom. The van der Waals surface area contributed by atoms with Crippen molar-refractivity contribution in [1.29, 1.82) is 0 Å². The standard InChI is InChI=1S/C25H31N3O4/c1-26(2)15-21-9-8-19(12-22(21)14-25(31)32)23-17-28(11-10-27(23)3)16-20-7-5-4-6-18(20)13-24(29)30/h4,6,8-9,12,23H,10-11,13-17H2,1-3H3,(H,29,30)(H,31,32). The maximum Gasteiger partial charge on any atom is 0.307 e. The van der Waals surface area contributed by atoms with Crippen molar-refractivity contribution in [2.24, 2.45) is 0 Å². The Hall–Kier alpha value is -2.92. The first-order valence-electron chi connectivity index (χ1n) is 10.8. The minimum Gasteiger partial charge on any atom is -0.481 e. The van der Waals surface area contributed by atoms with E-state index in [1.54, 1.807) is 12.1 Å². The molecule has 1 heterocycles. The molecule has 1 saturated heterocycles. The van der Waals surface area contributed by atoms with Crippen LogP contribution < -0.4 is 0 Å². The van der Waals surface area contributed by atoms with Crippen molar-refractivity contribution < 1.29 is 19.8 Å². The molecule has 0 spiro atoms. The van der Waals surface area contributed by atoms with Crippen molar-refractivity contribution >= 4 is 11.9 Å². The van der Waals surface area contributed by atoms with Gasteiger partial charge in [-0.2, -0.15) is 0 Å². The van der Waals surface area contributed by atoms with Gasteiger partial charge in [-0.15, -0.1) is 0 Å². The van der Waals surface area contributed by atoms with Gasteiger partial charge in [0.2, 0.25) is 0 Å². The zero-order chi connectivity index (χ0) is 23.3. The van der Waals surface area contributed by atoms with E-state index in [0.29, 0.717) is 13.1 Å². The van der Waals surface area contributed by atoms with E-state index in [0.717, 1.165) is 47.5 Å². The predicted molar refractivity (Wildman–Crippen MR) is 121 cm³/mol. The number of piperazine rings is 1. The highest BCUT2D eigenvalue weighted by Gasteiger charge is 2.27. The number of benzene rings is 1. The van der Waals surface area contributed by atoms with Crippen LogP contribution in [0.1, 0.15) is 33.9 Å². The van der Waals surface area contributed by atoms with Gasteiger partial charge in [-0.1, -0.05) is 30.3 Å². The van der Waals surface area contributed by atoms with Gasteiger partial charge in [0, 0.05) is 44.3 Å². The van der Waals surface area contributed by atoms with Crippen LogP contribution in [0.25, 0.3) is 0 Å². The molecule has 2 N–H and O–H groups in total. The fraction of sp³-hybridized carbons (Fsp3) is 0.440. The van der Waals surface area contributed by atoms with Crippen LogP contribution in [0.15, 0.2) is 30.3 Å². The van der Waals surface area contributed by atoms with E-state index in [-0.39, 0.29) is 18.9 Å². The molecule has 0 saturated carbocycles. The van der Waals surface area contributed by atoms with Crippen LogP contribution in [0.3, 0.4) is 0 Å². The zero-order valence-corrected chi connectivity index (χ0v) is 19.0. The largest absolute Gasteiger partial charge is 0.481 e. The topological polar surface area (TPSA) is 84.3 Å². The summed E-state index contributed by atoms with van der Waals surface area (Å²) in [4.78, 5) is 29.3. The zero-order valence-electron chi connectivity index (χ0n) is 19.0. The summed E-state index contributed by atoms with van der Waals surface area (Å²) in [5.41, 5.74) is 4.62. The average Bonchev–Trinajstić information content (AvgIpc) is 2.71. The Morgan fingerprint density at radius 3 is 2.47 bits per heavy atom. The minimum absolute atomic E-state index is 0.00448. The molecule has 170 valence electrons. The molecule has 0 bridgehead atoms. The molecule has 0 aliphatic carbocycles. The van der Waals surface area contributed by atoms with Crippen LogP contribution in [-0.4, -0.2) is 77.6 Å². The van der Waals surface area contributed by atoms with Gasteiger partial charge in [0.1, 0.15) is 0 Å². The summed E-state index contributed by atoms with van der Waals surface area (Å²) in [7, 11) is 6.04. The Labute approximate surface area is 189 Å². The lowest BCUT2D eigenvalue weighted by Crippen LogP contribution is -2.46. The molecule has 0 amide bonds. The minimum atomic E-state index is -0.856. The van der Waals surface area contributed by atoms with Crippen LogP contribution >= 0.6 is 0 Å². The fourth-order valence-electron chi connectivity index (χ4n) is 4.25. The van der Waals surface area contributed by atoms with Gasteiger partial charge in [-0.25, -0.2) is 0 Å². The number of likely N-dealkylation sites (N-methyl/N-ethyl adjacent to an activating group) is 1. The van der Waals surface area contributed by atoms with E-state index in [1.165, 1.54) is 0 Å². The lowest BCUT2D eigenvalue weighted by Gasteiger charge is -2.40. The second-order valence-corrected chi connectivity index (χ2v) is 8.74. The second-order valence-electron chi connectivity index (χ2n) is 8.74. The third-order valence-corrected chi connectivity index (χ3v) is 5.88. The smallest absolute Gasteiger partial charge is 0.307 e. The third kappa shape index (κ3) is 6.30. The molecule has 0 aromatic heterocycles. The Balaban J connectivity index is 1.81. The molecule has 3 rings (SSSR count). The molecule has 2 aromatic carbocycles. The highest BCUT2D eigenvalue weighted by atomic mass is 16.4. The summed E-state index contributed by atoms with van der Waals surface area (Å²) in [6.45, 7) is 3.81. The first-order chi connectivity index (χ1) is 15.2. The molecule has 2 aromatic rings. The molecule has 32 heavy (non-hydrogen) atoms. The van der Waals surface area contributed by atoms with Gasteiger partial charge in [0.15, 0.2) is 0 Å². The summed E-state index contributed by atoms with van der Waals surface area (Å²) < 4.78 is 0. The number of hydrogen-bond acceptors (Lipinski definition) is 5. The predicted octanol–water partition coefficient (Wildman–Crippen LogP) is 2.09. The maximum absolute atomic E-state index is 11.4. The van der Waals surface area contributed by atoms with E-state index >= 15 is 0 Å². The SMILES string of the molecule is CN(C)Cc1ccc(C2CN(Cc3c#cccc3CC(=O)O)CCN2C)cc1CC(=O)O. The van der Waals surface area contributed by atoms with E-state index in [2.05, 4.69) is 35.0 Å². The maximum atomic E-state index is 11.4. The quantitative estimate of drug-likeness (QED) is 0.621. The van der Waals surface area contributed by atoms with Crippen molar-refractivity contribution in [2.45, 2.75) is 32.0 Å². The number of nitrogens with zero attached hydrogens (tertiary/aromatic N) is 3. The molecule has 1 fully saturated rings. The van der Waals surface area contributed by atoms with Crippen molar-refractivity contribution in [3.63, 3.8) is 0 Å². The molecule has 1 unspecified atom stereocenters. The van der Waals surface area contributed by atoms with E-state index < -0.39 is 11.9 Å². The van der Waals surface area contributed by atoms with Gasteiger partial charge in [-0.05, 0) is 55.5 Å². The number of aliphatic carboxylic acids is 2. The van der Waals surface area contributed by atoms with Crippen LogP contribution in [0.5, 0.6) is 0 Å². The number of hydrogen-bond donors (Lipinski definition) is 2. The van der Waals surface area contributed by atoms with Crippen LogP contribution in [0.2, 0.25) is 0 Å². The highest BCUT2D eigenvalue weighted by Crippen LogP contribution is 2.28. The van der Waals surface area contributed by atoms with Crippen LogP contribution in [0.4, 0.5) is 0 Å². The average molecular weight is 438 g/mol. The summed E-state index contributed by atoms with van der Waals surface area (Å²) in [5.74, 6) is -1.69. The van der Waals surface area contributed by atoms with E-state index in [1.807, 2.05) is 31.1 Å². The van der Waals surface area contributed by atoms with Crippen molar-refractivity contribution in [1.82, 2.24) is 14.7 Å². The Bertz CT molecular complexity index is 960. The van der Waals surface area contributed by atoms with E-state index in [9.17, 15) is 19.8 Å². The molecule has 7 nitrogen and oxygen atoms in total. The van der Waals surface area contributed by atoms with Gasteiger partial charge >= 0.3 is 11.9 Å². The molecule has 1 aliphatic rings. The third-order valence-electron chi connectivity index (χ3n) is 5.88. The van der Waals surface area contributed by atoms with Crippen molar-refractivity contribution in [3.8, 4) is 0 Å². The number of carbonyl (C=O) groups is 2. The van der Waals surface area contributed by atoms with Crippen LogP contribution in [-0.2, 0) is 35.5 Å². The summed E-state index contributed by atoms with van der Waals surface area (Å²) >= 11 is 0. The highest BCUT2D eigenvalue weighted by molar-refractivity contribution is 5.71. The second kappa shape index (κ2) is 10.6.